The first kappa shape index (κ1) is 12.7. The second-order valence-corrected chi connectivity index (χ2v) is 3.61. The molecule has 84 valence electrons. The summed E-state index contributed by atoms with van der Waals surface area (Å²) in [5.74, 6) is 1.77. The molecule has 0 bridgehead atoms. The van der Waals surface area contributed by atoms with E-state index in [4.69, 9.17) is 18.0 Å². The lowest BCUT2D eigenvalue weighted by Crippen LogP contribution is -2.24. The molecule has 0 fully saturated rings. The Morgan fingerprint density at radius 2 is 2.31 bits per heavy atom. The van der Waals surface area contributed by atoms with Crippen molar-refractivity contribution in [3.05, 3.63) is 34.6 Å². The van der Waals surface area contributed by atoms with E-state index in [0.29, 0.717) is 12.1 Å². The zero-order valence-electron chi connectivity index (χ0n) is 8.59. The molecule has 1 aromatic carbocycles. The zero-order valence-corrected chi connectivity index (χ0v) is 9.35. The minimum Gasteiger partial charge on any atom is -0.299 e. The number of halogens is 2. The molecule has 1 N–H and O–H groups in total. The lowest BCUT2D eigenvalue weighted by Gasteiger charge is -2.04. The van der Waals surface area contributed by atoms with Gasteiger partial charge in [-0.1, -0.05) is 29.7 Å². The fourth-order valence-corrected chi connectivity index (χ4v) is 1.43. The molecule has 2 nitrogen and oxygen atoms in total. The number of rotatable bonds is 5. The fourth-order valence-electron chi connectivity index (χ4n) is 1.23. The molecule has 0 atom stereocenters. The van der Waals surface area contributed by atoms with E-state index in [1.165, 1.54) is 12.1 Å². The highest BCUT2D eigenvalue weighted by atomic mass is 35.5. The molecule has 0 amide bonds. The average Bonchev–Trinajstić information content (AvgIpc) is 2.25. The molecule has 4 heteroatoms. The van der Waals surface area contributed by atoms with E-state index in [0.717, 1.165) is 0 Å². The van der Waals surface area contributed by atoms with Crippen molar-refractivity contribution < 1.29 is 9.18 Å². The Morgan fingerprint density at radius 3 is 3.00 bits per heavy atom. The molecule has 1 aromatic rings. The Kier molecular flexibility index (Phi) is 4.97. The van der Waals surface area contributed by atoms with Crippen LogP contribution < -0.4 is 5.32 Å². The summed E-state index contributed by atoms with van der Waals surface area (Å²) < 4.78 is 13.1. The number of carbonyl (C=O) groups excluding carboxylic acids is 1. The minimum atomic E-state index is -0.511. The van der Waals surface area contributed by atoms with Crippen molar-refractivity contribution in [1.82, 2.24) is 5.32 Å². The van der Waals surface area contributed by atoms with Gasteiger partial charge in [0.15, 0.2) is 5.78 Å². The van der Waals surface area contributed by atoms with E-state index >= 15 is 0 Å². The van der Waals surface area contributed by atoms with Crippen LogP contribution in [0.3, 0.4) is 0 Å². The third-order valence-electron chi connectivity index (χ3n) is 1.97. The Bertz CT molecular complexity index is 426. The molecule has 0 aromatic heterocycles. The molecule has 1 rings (SSSR count). The lowest BCUT2D eigenvalue weighted by atomic mass is 10.1. The van der Waals surface area contributed by atoms with Gasteiger partial charge in [0, 0.05) is 6.42 Å². The highest BCUT2D eigenvalue weighted by Gasteiger charge is 2.09. The molecule has 0 unspecified atom stereocenters. The van der Waals surface area contributed by atoms with E-state index in [1.54, 1.807) is 6.07 Å². The number of Topliss-reactive ketones (excluding diaryl/α,β-unsaturated/α-hetero) is 1. The summed E-state index contributed by atoms with van der Waals surface area (Å²) >= 11 is 5.72. The van der Waals surface area contributed by atoms with Crippen LogP contribution in [0.5, 0.6) is 0 Å². The normalized spacial score (nSPS) is 9.81. The summed E-state index contributed by atoms with van der Waals surface area (Å²) in [6.07, 6.45) is 5.12. The first-order valence-electron chi connectivity index (χ1n) is 4.74. The minimum absolute atomic E-state index is 0.00722. The van der Waals surface area contributed by atoms with Crippen LogP contribution in [-0.2, 0) is 11.2 Å². The second kappa shape index (κ2) is 6.26. The summed E-state index contributed by atoms with van der Waals surface area (Å²) in [4.78, 5) is 11.4. The van der Waals surface area contributed by atoms with Crippen molar-refractivity contribution in [2.45, 2.75) is 6.42 Å². The molecule has 0 spiro atoms. The zero-order chi connectivity index (χ0) is 12.0. The SMILES string of the molecule is C#CCNCC(=O)Cc1cccc(F)c1Cl. The maximum Gasteiger partial charge on any atom is 0.151 e. The fraction of sp³-hybridized carbons (Fsp3) is 0.250. The second-order valence-electron chi connectivity index (χ2n) is 3.24. The van der Waals surface area contributed by atoms with Crippen LogP contribution in [0.4, 0.5) is 4.39 Å². The highest BCUT2D eigenvalue weighted by Crippen LogP contribution is 2.19. The molecule has 0 aliphatic carbocycles. The van der Waals surface area contributed by atoms with Gasteiger partial charge in [-0.05, 0) is 11.6 Å². The summed E-state index contributed by atoms with van der Waals surface area (Å²) in [6.45, 7) is 0.500. The molecule has 0 radical (unpaired) electrons. The van der Waals surface area contributed by atoms with Gasteiger partial charge >= 0.3 is 0 Å². The summed E-state index contributed by atoms with van der Waals surface area (Å²) in [6, 6.07) is 4.41. The number of hydrogen-bond donors (Lipinski definition) is 1. The van der Waals surface area contributed by atoms with E-state index < -0.39 is 5.82 Å². The number of hydrogen-bond acceptors (Lipinski definition) is 2. The van der Waals surface area contributed by atoms with Crippen molar-refractivity contribution in [3.8, 4) is 12.3 Å². The van der Waals surface area contributed by atoms with Gasteiger partial charge in [0.05, 0.1) is 18.1 Å². The summed E-state index contributed by atoms with van der Waals surface area (Å²) in [7, 11) is 0. The van der Waals surface area contributed by atoms with Gasteiger partial charge < -0.3 is 0 Å². The van der Waals surface area contributed by atoms with Gasteiger partial charge in [0.1, 0.15) is 5.82 Å². The van der Waals surface area contributed by atoms with Crippen molar-refractivity contribution in [2.24, 2.45) is 0 Å². The largest absolute Gasteiger partial charge is 0.299 e. The topological polar surface area (TPSA) is 29.1 Å². The van der Waals surface area contributed by atoms with Crippen molar-refractivity contribution in [2.75, 3.05) is 13.1 Å². The molecular weight excluding hydrogens is 229 g/mol. The maximum absolute atomic E-state index is 13.1. The molecule has 0 saturated heterocycles. The monoisotopic (exact) mass is 239 g/mol. The standard InChI is InChI=1S/C12H11ClFNO/c1-2-6-15-8-10(16)7-9-4-3-5-11(14)12(9)13/h1,3-5,15H,6-8H2. The van der Waals surface area contributed by atoms with Crippen LogP contribution in [0, 0.1) is 18.2 Å². The Labute approximate surface area is 98.8 Å². The van der Waals surface area contributed by atoms with Crippen LogP contribution in [0.2, 0.25) is 5.02 Å². The van der Waals surface area contributed by atoms with Crippen LogP contribution in [-0.4, -0.2) is 18.9 Å². The van der Waals surface area contributed by atoms with Gasteiger partial charge in [-0.15, -0.1) is 6.42 Å². The van der Waals surface area contributed by atoms with Gasteiger partial charge in [-0.3, -0.25) is 10.1 Å². The Balaban J connectivity index is 2.57. The van der Waals surface area contributed by atoms with Crippen LogP contribution >= 0.6 is 11.6 Å². The molecule has 0 aliphatic rings. The number of carbonyl (C=O) groups is 1. The van der Waals surface area contributed by atoms with Gasteiger partial charge in [-0.25, -0.2) is 4.39 Å². The number of terminal acetylenes is 1. The molecule has 0 aliphatic heterocycles. The molecule has 0 saturated carbocycles. The number of benzene rings is 1. The van der Waals surface area contributed by atoms with E-state index in [2.05, 4.69) is 11.2 Å². The highest BCUT2D eigenvalue weighted by molar-refractivity contribution is 6.31. The third-order valence-corrected chi connectivity index (χ3v) is 2.39. The van der Waals surface area contributed by atoms with Crippen LogP contribution in [0.15, 0.2) is 18.2 Å². The average molecular weight is 240 g/mol. The quantitative estimate of drug-likeness (QED) is 0.627. The smallest absolute Gasteiger partial charge is 0.151 e. The predicted octanol–water partition coefficient (Wildman–Crippen LogP) is 1.81. The summed E-state index contributed by atoms with van der Waals surface area (Å²) in [5, 5.41) is 2.77. The number of ketones is 1. The summed E-state index contributed by atoms with van der Waals surface area (Å²) in [5.41, 5.74) is 0.495. The third kappa shape index (κ3) is 3.65. The molecule has 16 heavy (non-hydrogen) atoms. The first-order valence-corrected chi connectivity index (χ1v) is 5.11. The van der Waals surface area contributed by atoms with Crippen molar-refractivity contribution in [1.29, 1.82) is 0 Å². The van der Waals surface area contributed by atoms with E-state index in [-0.39, 0.29) is 23.8 Å². The van der Waals surface area contributed by atoms with Gasteiger partial charge in [0.2, 0.25) is 0 Å². The maximum atomic E-state index is 13.1. The van der Waals surface area contributed by atoms with Crippen LogP contribution in [0.1, 0.15) is 5.56 Å². The van der Waals surface area contributed by atoms with Crippen LogP contribution in [0.25, 0.3) is 0 Å². The lowest BCUT2D eigenvalue weighted by molar-refractivity contribution is -0.117. The molecular formula is C12H11ClFNO. The Hall–Kier alpha value is -1.37. The van der Waals surface area contributed by atoms with Crippen molar-refractivity contribution in [3.63, 3.8) is 0 Å². The van der Waals surface area contributed by atoms with Gasteiger partial charge in [0.25, 0.3) is 0 Å². The van der Waals surface area contributed by atoms with Gasteiger partial charge in [-0.2, -0.15) is 0 Å². The molecule has 0 heterocycles. The Morgan fingerprint density at radius 1 is 1.56 bits per heavy atom. The first-order chi connectivity index (χ1) is 7.65. The van der Waals surface area contributed by atoms with E-state index in [9.17, 15) is 9.18 Å². The van der Waals surface area contributed by atoms with E-state index in [1.807, 2.05) is 0 Å². The number of nitrogens with one attached hydrogen (secondary N) is 1. The predicted molar refractivity (Wildman–Crippen MR) is 61.8 cm³/mol. The van der Waals surface area contributed by atoms with Crippen molar-refractivity contribution >= 4 is 17.4 Å².